The summed E-state index contributed by atoms with van der Waals surface area (Å²) in [6.45, 7) is 3.01. The molecule has 0 saturated carbocycles. The summed E-state index contributed by atoms with van der Waals surface area (Å²) in [5.74, 6) is -0.393. The lowest BCUT2D eigenvalue weighted by Crippen LogP contribution is -2.08. The number of rotatable bonds is 6. The summed E-state index contributed by atoms with van der Waals surface area (Å²) >= 11 is 12.6. The van der Waals surface area contributed by atoms with Gasteiger partial charge in [-0.3, -0.25) is 0 Å². The summed E-state index contributed by atoms with van der Waals surface area (Å²) in [6.07, 6.45) is 3.54. The van der Waals surface area contributed by atoms with E-state index in [1.165, 1.54) is 0 Å². The van der Waals surface area contributed by atoms with Gasteiger partial charge in [0.25, 0.3) is 0 Å². The molecular weight excluding hydrogens is 407 g/mol. The number of pyridine rings is 1. The van der Waals surface area contributed by atoms with E-state index in [0.29, 0.717) is 28.9 Å². The quantitative estimate of drug-likeness (QED) is 0.261. The lowest BCUT2D eigenvalue weighted by atomic mass is 10.1. The Hall–Kier alpha value is -2.56. The Morgan fingerprint density at radius 2 is 1.90 bits per heavy atom. The van der Waals surface area contributed by atoms with Gasteiger partial charge in [0.15, 0.2) is 0 Å². The SMILES string of the molecule is CCCCOC(=O)c1cc2c3ccccc3n(Cc3cc(Cl)ccc3Cl)c2cn1. The molecule has 2 heterocycles. The van der Waals surface area contributed by atoms with Crippen molar-refractivity contribution in [2.75, 3.05) is 6.61 Å². The van der Waals surface area contributed by atoms with Crippen molar-refractivity contribution < 1.29 is 9.53 Å². The third-order valence-corrected chi connectivity index (χ3v) is 5.54. The maximum atomic E-state index is 12.4. The first kappa shape index (κ1) is 19.7. The highest BCUT2D eigenvalue weighted by atomic mass is 35.5. The number of hydrogen-bond donors (Lipinski definition) is 0. The molecule has 0 aliphatic carbocycles. The second-order valence-electron chi connectivity index (χ2n) is 6.92. The van der Waals surface area contributed by atoms with E-state index >= 15 is 0 Å². The van der Waals surface area contributed by atoms with Crippen LogP contribution in [-0.4, -0.2) is 22.1 Å². The first-order valence-electron chi connectivity index (χ1n) is 9.56. The minimum absolute atomic E-state index is 0.317. The number of ether oxygens (including phenoxy) is 1. The maximum absolute atomic E-state index is 12.4. The number of carbonyl (C=O) groups is 1. The zero-order valence-electron chi connectivity index (χ0n) is 16.0. The minimum atomic E-state index is -0.393. The zero-order chi connectivity index (χ0) is 20.4. The smallest absolute Gasteiger partial charge is 0.356 e. The van der Waals surface area contributed by atoms with Gasteiger partial charge in [-0.05, 0) is 42.3 Å². The molecule has 0 spiro atoms. The number of benzene rings is 2. The van der Waals surface area contributed by atoms with Crippen molar-refractivity contribution in [3.8, 4) is 0 Å². The molecule has 29 heavy (non-hydrogen) atoms. The summed E-state index contributed by atoms with van der Waals surface area (Å²) in [6, 6.07) is 15.3. The second-order valence-corrected chi connectivity index (χ2v) is 7.76. The van der Waals surface area contributed by atoms with Crippen molar-refractivity contribution in [3.05, 3.63) is 76.0 Å². The fourth-order valence-electron chi connectivity index (χ4n) is 3.45. The molecule has 0 aliphatic heterocycles. The van der Waals surface area contributed by atoms with Gasteiger partial charge in [-0.25, -0.2) is 9.78 Å². The summed E-state index contributed by atoms with van der Waals surface area (Å²) in [4.78, 5) is 16.7. The Balaban J connectivity index is 1.80. The molecule has 6 heteroatoms. The number of halogens is 2. The Kier molecular flexibility index (Phi) is 5.74. The number of unbranched alkanes of at least 4 members (excludes halogenated alkanes) is 1. The van der Waals surface area contributed by atoms with Gasteiger partial charge < -0.3 is 9.30 Å². The molecule has 148 valence electrons. The summed E-state index contributed by atoms with van der Waals surface area (Å²) in [5, 5.41) is 3.30. The van der Waals surface area contributed by atoms with Crippen LogP contribution in [-0.2, 0) is 11.3 Å². The van der Waals surface area contributed by atoms with Crippen LogP contribution in [0.25, 0.3) is 21.8 Å². The molecule has 0 radical (unpaired) electrons. The Labute approximate surface area is 179 Å². The van der Waals surface area contributed by atoms with E-state index in [1.54, 1.807) is 18.3 Å². The van der Waals surface area contributed by atoms with E-state index in [9.17, 15) is 4.79 Å². The molecule has 0 aliphatic rings. The lowest BCUT2D eigenvalue weighted by molar-refractivity contribution is 0.0493. The molecule has 0 unspecified atom stereocenters. The van der Waals surface area contributed by atoms with E-state index in [-0.39, 0.29) is 0 Å². The molecule has 0 amide bonds. The topological polar surface area (TPSA) is 44.1 Å². The van der Waals surface area contributed by atoms with Crippen LogP contribution in [0.2, 0.25) is 10.0 Å². The van der Waals surface area contributed by atoms with Gasteiger partial charge in [0, 0.05) is 32.9 Å². The molecule has 2 aromatic carbocycles. The van der Waals surface area contributed by atoms with Gasteiger partial charge in [-0.2, -0.15) is 0 Å². The number of aromatic nitrogens is 2. The molecule has 2 aromatic heterocycles. The molecule has 0 N–H and O–H groups in total. The van der Waals surface area contributed by atoms with Crippen molar-refractivity contribution in [3.63, 3.8) is 0 Å². The highest BCUT2D eigenvalue weighted by molar-refractivity contribution is 6.33. The standard InChI is InChI=1S/C23H20Cl2N2O2/c1-2-3-10-29-23(28)20-12-18-17-6-4-5-7-21(17)27(22(18)13-26-20)14-15-11-16(24)8-9-19(15)25/h4-9,11-13H,2-3,10,14H2,1H3. The Morgan fingerprint density at radius 3 is 2.72 bits per heavy atom. The van der Waals surface area contributed by atoms with Gasteiger partial charge in [-0.1, -0.05) is 54.7 Å². The predicted molar refractivity (Wildman–Crippen MR) is 118 cm³/mol. The average Bonchev–Trinajstić information content (AvgIpc) is 3.04. The highest BCUT2D eigenvalue weighted by Crippen LogP contribution is 2.31. The van der Waals surface area contributed by atoms with Crippen LogP contribution >= 0.6 is 23.2 Å². The Morgan fingerprint density at radius 1 is 1.07 bits per heavy atom. The molecule has 0 saturated heterocycles. The van der Waals surface area contributed by atoms with Crippen LogP contribution in [0.4, 0.5) is 0 Å². The van der Waals surface area contributed by atoms with Gasteiger partial charge in [0.1, 0.15) is 5.69 Å². The zero-order valence-corrected chi connectivity index (χ0v) is 17.5. The van der Waals surface area contributed by atoms with E-state index in [2.05, 4.69) is 16.5 Å². The normalized spacial score (nSPS) is 11.3. The summed E-state index contributed by atoms with van der Waals surface area (Å²) in [5.41, 5.74) is 3.20. The van der Waals surface area contributed by atoms with Crippen LogP contribution < -0.4 is 0 Å². The van der Waals surface area contributed by atoms with Crippen LogP contribution in [0.1, 0.15) is 35.8 Å². The van der Waals surface area contributed by atoms with E-state index in [1.807, 2.05) is 36.4 Å². The van der Waals surface area contributed by atoms with Crippen LogP contribution in [0.15, 0.2) is 54.7 Å². The first-order chi connectivity index (χ1) is 14.1. The molecule has 0 atom stereocenters. The van der Waals surface area contributed by atoms with Gasteiger partial charge in [0.2, 0.25) is 0 Å². The third kappa shape index (κ3) is 3.96. The fourth-order valence-corrected chi connectivity index (χ4v) is 3.82. The predicted octanol–water partition coefficient (Wildman–Crippen LogP) is 6.50. The number of esters is 1. The average molecular weight is 427 g/mol. The molecule has 0 fully saturated rings. The van der Waals surface area contributed by atoms with Crippen molar-refractivity contribution in [1.29, 1.82) is 0 Å². The summed E-state index contributed by atoms with van der Waals surface area (Å²) < 4.78 is 7.46. The number of para-hydroxylation sites is 1. The fraction of sp³-hybridized carbons (Fsp3) is 0.217. The number of nitrogens with zero attached hydrogens (tertiary/aromatic N) is 2. The summed E-state index contributed by atoms with van der Waals surface area (Å²) in [7, 11) is 0. The van der Waals surface area contributed by atoms with Gasteiger partial charge >= 0.3 is 5.97 Å². The molecule has 4 aromatic rings. The second kappa shape index (κ2) is 8.44. The van der Waals surface area contributed by atoms with Crippen molar-refractivity contribution in [2.45, 2.75) is 26.3 Å². The van der Waals surface area contributed by atoms with Crippen LogP contribution in [0, 0.1) is 0 Å². The molecular formula is C23H20Cl2N2O2. The number of hydrogen-bond acceptors (Lipinski definition) is 3. The first-order valence-corrected chi connectivity index (χ1v) is 10.3. The van der Waals surface area contributed by atoms with Crippen LogP contribution in [0.5, 0.6) is 0 Å². The molecule has 4 rings (SSSR count). The van der Waals surface area contributed by atoms with Gasteiger partial charge in [0.05, 0.1) is 18.3 Å². The van der Waals surface area contributed by atoms with E-state index in [4.69, 9.17) is 27.9 Å². The number of fused-ring (bicyclic) bond motifs is 3. The van der Waals surface area contributed by atoms with E-state index in [0.717, 1.165) is 40.2 Å². The van der Waals surface area contributed by atoms with E-state index < -0.39 is 5.97 Å². The van der Waals surface area contributed by atoms with Gasteiger partial charge in [-0.15, -0.1) is 0 Å². The van der Waals surface area contributed by atoms with Crippen LogP contribution in [0.3, 0.4) is 0 Å². The minimum Gasteiger partial charge on any atom is -0.461 e. The Bertz CT molecular complexity index is 1200. The van der Waals surface area contributed by atoms with Crippen molar-refractivity contribution >= 4 is 51.0 Å². The monoisotopic (exact) mass is 426 g/mol. The highest BCUT2D eigenvalue weighted by Gasteiger charge is 2.16. The molecule has 0 bridgehead atoms. The molecule has 4 nitrogen and oxygen atoms in total. The third-order valence-electron chi connectivity index (χ3n) is 4.94. The van der Waals surface area contributed by atoms with Crippen molar-refractivity contribution in [2.24, 2.45) is 0 Å². The van der Waals surface area contributed by atoms with Crippen molar-refractivity contribution in [1.82, 2.24) is 9.55 Å². The number of carbonyl (C=O) groups excluding carboxylic acids is 1. The largest absolute Gasteiger partial charge is 0.461 e. The lowest BCUT2D eigenvalue weighted by Gasteiger charge is -2.10. The maximum Gasteiger partial charge on any atom is 0.356 e.